The van der Waals surface area contributed by atoms with Gasteiger partial charge in [0.15, 0.2) is 0 Å². The maximum absolute atomic E-state index is 12.4. The number of hydrogen-bond donors (Lipinski definition) is 2. The Balaban J connectivity index is 2.61. The van der Waals surface area contributed by atoms with Crippen molar-refractivity contribution in [3.8, 4) is 0 Å². The molecule has 0 saturated heterocycles. The molecule has 0 bridgehead atoms. The highest BCUT2D eigenvalue weighted by atomic mass is 16.5. The SMILES string of the molecule is CC[C@H](NC(=O)[C@H](NC(=O)OCc1ccccc1)C(C)C)C(=O)OC. The Bertz CT molecular complexity index is 574. The van der Waals surface area contributed by atoms with Crippen LogP contribution in [0.2, 0.25) is 0 Å². The first-order valence-corrected chi connectivity index (χ1v) is 8.24. The van der Waals surface area contributed by atoms with Gasteiger partial charge in [-0.05, 0) is 17.9 Å². The van der Waals surface area contributed by atoms with Gasteiger partial charge in [0.25, 0.3) is 0 Å². The smallest absolute Gasteiger partial charge is 0.408 e. The predicted octanol–water partition coefficient (Wildman–Crippen LogP) is 2.01. The fourth-order valence-electron chi connectivity index (χ4n) is 2.16. The van der Waals surface area contributed by atoms with Crippen LogP contribution < -0.4 is 10.6 Å². The van der Waals surface area contributed by atoms with Crippen molar-refractivity contribution in [2.75, 3.05) is 7.11 Å². The monoisotopic (exact) mass is 350 g/mol. The van der Waals surface area contributed by atoms with Gasteiger partial charge >= 0.3 is 12.1 Å². The number of benzene rings is 1. The van der Waals surface area contributed by atoms with E-state index in [1.165, 1.54) is 7.11 Å². The highest BCUT2D eigenvalue weighted by molar-refractivity contribution is 5.89. The second kappa shape index (κ2) is 10.3. The molecule has 1 rings (SSSR count). The van der Waals surface area contributed by atoms with E-state index in [4.69, 9.17) is 4.74 Å². The molecule has 7 nitrogen and oxygen atoms in total. The molecule has 2 atom stereocenters. The number of esters is 1. The summed E-state index contributed by atoms with van der Waals surface area (Å²) < 4.78 is 9.78. The minimum Gasteiger partial charge on any atom is -0.467 e. The van der Waals surface area contributed by atoms with E-state index in [0.29, 0.717) is 6.42 Å². The number of nitrogens with one attached hydrogen (secondary N) is 2. The highest BCUT2D eigenvalue weighted by Gasteiger charge is 2.28. The van der Waals surface area contributed by atoms with Crippen LogP contribution in [0.4, 0.5) is 4.79 Å². The fourth-order valence-corrected chi connectivity index (χ4v) is 2.16. The molecule has 0 radical (unpaired) electrons. The lowest BCUT2D eigenvalue weighted by molar-refractivity contribution is -0.145. The van der Waals surface area contributed by atoms with Gasteiger partial charge in [-0.1, -0.05) is 51.1 Å². The van der Waals surface area contributed by atoms with Crippen molar-refractivity contribution in [1.29, 1.82) is 0 Å². The Hall–Kier alpha value is -2.57. The first-order valence-electron chi connectivity index (χ1n) is 8.24. The summed E-state index contributed by atoms with van der Waals surface area (Å²) in [5.41, 5.74) is 0.847. The van der Waals surface area contributed by atoms with Gasteiger partial charge in [0.1, 0.15) is 18.7 Å². The zero-order valence-electron chi connectivity index (χ0n) is 15.1. The average molecular weight is 350 g/mol. The van der Waals surface area contributed by atoms with Crippen molar-refractivity contribution >= 4 is 18.0 Å². The van der Waals surface area contributed by atoms with Crippen LogP contribution in [0.5, 0.6) is 0 Å². The van der Waals surface area contributed by atoms with Crippen molar-refractivity contribution < 1.29 is 23.9 Å². The third-order valence-electron chi connectivity index (χ3n) is 3.65. The van der Waals surface area contributed by atoms with Crippen LogP contribution in [0, 0.1) is 5.92 Å². The maximum Gasteiger partial charge on any atom is 0.408 e. The number of ether oxygens (including phenoxy) is 2. The molecular formula is C18H26N2O5. The van der Waals surface area contributed by atoms with Crippen molar-refractivity contribution in [3.63, 3.8) is 0 Å². The zero-order chi connectivity index (χ0) is 18.8. The molecule has 0 heterocycles. The first-order chi connectivity index (χ1) is 11.9. The number of carbonyl (C=O) groups excluding carboxylic acids is 3. The summed E-state index contributed by atoms with van der Waals surface area (Å²) in [4.78, 5) is 36.0. The van der Waals surface area contributed by atoms with Gasteiger partial charge in [-0.15, -0.1) is 0 Å². The minimum absolute atomic E-state index is 0.110. The predicted molar refractivity (Wildman–Crippen MR) is 92.6 cm³/mol. The van der Waals surface area contributed by atoms with Gasteiger partial charge in [-0.25, -0.2) is 9.59 Å². The van der Waals surface area contributed by atoms with Crippen LogP contribution in [0.1, 0.15) is 32.8 Å². The molecule has 2 N–H and O–H groups in total. The van der Waals surface area contributed by atoms with E-state index in [2.05, 4.69) is 15.4 Å². The molecular weight excluding hydrogens is 324 g/mol. The van der Waals surface area contributed by atoms with Crippen LogP contribution in [0.25, 0.3) is 0 Å². The molecule has 0 saturated carbocycles. The van der Waals surface area contributed by atoms with E-state index >= 15 is 0 Å². The van der Waals surface area contributed by atoms with E-state index in [-0.39, 0.29) is 12.5 Å². The molecule has 138 valence electrons. The molecule has 0 aliphatic carbocycles. The Morgan fingerprint density at radius 1 is 1.08 bits per heavy atom. The molecule has 0 aliphatic rings. The second-order valence-corrected chi connectivity index (χ2v) is 5.92. The molecule has 2 amide bonds. The number of methoxy groups -OCH3 is 1. The van der Waals surface area contributed by atoms with Gasteiger partial charge in [-0.2, -0.15) is 0 Å². The Morgan fingerprint density at radius 3 is 2.24 bits per heavy atom. The van der Waals surface area contributed by atoms with Crippen LogP contribution in [0.3, 0.4) is 0 Å². The number of carbonyl (C=O) groups is 3. The molecule has 1 aromatic carbocycles. The van der Waals surface area contributed by atoms with E-state index in [1.54, 1.807) is 20.8 Å². The quantitative estimate of drug-likeness (QED) is 0.700. The largest absolute Gasteiger partial charge is 0.467 e. The van der Waals surface area contributed by atoms with E-state index in [1.807, 2.05) is 30.3 Å². The highest BCUT2D eigenvalue weighted by Crippen LogP contribution is 2.06. The van der Waals surface area contributed by atoms with E-state index in [0.717, 1.165) is 5.56 Å². The summed E-state index contributed by atoms with van der Waals surface area (Å²) in [6.07, 6.45) is -0.300. The van der Waals surface area contributed by atoms with E-state index in [9.17, 15) is 14.4 Å². The third kappa shape index (κ3) is 6.82. The topological polar surface area (TPSA) is 93.7 Å². The van der Waals surface area contributed by atoms with Crippen LogP contribution >= 0.6 is 0 Å². The van der Waals surface area contributed by atoms with Gasteiger partial charge < -0.3 is 20.1 Å². The lowest BCUT2D eigenvalue weighted by Gasteiger charge is -2.23. The molecule has 0 aliphatic heterocycles. The summed E-state index contributed by atoms with van der Waals surface area (Å²) in [7, 11) is 1.26. The maximum atomic E-state index is 12.4. The summed E-state index contributed by atoms with van der Waals surface area (Å²) >= 11 is 0. The molecule has 25 heavy (non-hydrogen) atoms. The van der Waals surface area contributed by atoms with Gasteiger partial charge in [0, 0.05) is 0 Å². The second-order valence-electron chi connectivity index (χ2n) is 5.92. The van der Waals surface area contributed by atoms with E-state index < -0.39 is 30.1 Å². The fraction of sp³-hybridized carbons (Fsp3) is 0.500. The molecule has 0 unspecified atom stereocenters. The summed E-state index contributed by atoms with van der Waals surface area (Å²) in [5, 5.41) is 5.14. The van der Waals surface area contributed by atoms with Crippen molar-refractivity contribution in [3.05, 3.63) is 35.9 Å². The van der Waals surface area contributed by atoms with Crippen LogP contribution in [-0.2, 0) is 25.7 Å². The van der Waals surface area contributed by atoms with Gasteiger partial charge in [-0.3, -0.25) is 4.79 Å². The molecule has 0 spiro atoms. The Labute approximate surface area is 148 Å². The lowest BCUT2D eigenvalue weighted by Crippen LogP contribution is -2.53. The molecule has 1 aromatic rings. The number of alkyl carbamates (subject to hydrolysis) is 1. The lowest BCUT2D eigenvalue weighted by atomic mass is 10.0. The van der Waals surface area contributed by atoms with Crippen LogP contribution in [0.15, 0.2) is 30.3 Å². The van der Waals surface area contributed by atoms with Gasteiger partial charge in [0.2, 0.25) is 5.91 Å². The zero-order valence-corrected chi connectivity index (χ0v) is 15.1. The Kier molecular flexibility index (Phi) is 8.46. The van der Waals surface area contributed by atoms with Crippen molar-refractivity contribution in [2.24, 2.45) is 5.92 Å². The number of amides is 2. The van der Waals surface area contributed by atoms with Crippen molar-refractivity contribution in [1.82, 2.24) is 10.6 Å². The summed E-state index contributed by atoms with van der Waals surface area (Å²) in [6.45, 7) is 5.45. The first kappa shape index (κ1) is 20.5. The summed E-state index contributed by atoms with van der Waals surface area (Å²) in [6, 6.07) is 7.67. The van der Waals surface area contributed by atoms with Gasteiger partial charge in [0.05, 0.1) is 7.11 Å². The third-order valence-corrected chi connectivity index (χ3v) is 3.65. The minimum atomic E-state index is -0.818. The van der Waals surface area contributed by atoms with Crippen molar-refractivity contribution in [2.45, 2.75) is 45.9 Å². The molecule has 0 fully saturated rings. The molecule has 7 heteroatoms. The Morgan fingerprint density at radius 2 is 1.72 bits per heavy atom. The average Bonchev–Trinajstić information content (AvgIpc) is 2.62. The molecule has 0 aromatic heterocycles. The summed E-state index contributed by atoms with van der Waals surface area (Å²) in [5.74, 6) is -1.16. The number of hydrogen-bond acceptors (Lipinski definition) is 5. The standard InChI is InChI=1S/C18H26N2O5/c1-5-14(17(22)24-4)19-16(21)15(12(2)3)20-18(23)25-11-13-9-7-6-8-10-13/h6-10,12,14-15H,5,11H2,1-4H3,(H,19,21)(H,20,23)/t14-,15+/m0/s1. The van der Waals surface area contributed by atoms with Crippen LogP contribution in [-0.4, -0.2) is 37.2 Å². The number of rotatable bonds is 8. The normalized spacial score (nSPS) is 12.8.